The fourth-order valence-electron chi connectivity index (χ4n) is 3.57. The number of nitrogens with zero attached hydrogens (tertiary/aromatic N) is 6. The standard InChI is InChI=1S/C18H19N7O/c1-26-11-12-6-14(7-12)22-17-20-9-16-15(2-4-25(16)23-17)13-8-21-18-19-3-5-24(18)10-13/h2-5,8-10,12,14H,6-7,11H2,1H3,(H,22,23). The first-order chi connectivity index (χ1) is 12.8. The molecule has 0 saturated heterocycles. The first-order valence-electron chi connectivity index (χ1n) is 8.69. The molecule has 1 fully saturated rings. The fourth-order valence-corrected chi connectivity index (χ4v) is 3.57. The topological polar surface area (TPSA) is 81.6 Å². The van der Waals surface area contributed by atoms with E-state index < -0.39 is 0 Å². The van der Waals surface area contributed by atoms with Gasteiger partial charge in [0.15, 0.2) is 0 Å². The highest BCUT2D eigenvalue weighted by atomic mass is 16.5. The van der Waals surface area contributed by atoms with Gasteiger partial charge in [0.2, 0.25) is 11.7 Å². The maximum atomic E-state index is 5.19. The van der Waals surface area contributed by atoms with Gasteiger partial charge < -0.3 is 10.1 Å². The summed E-state index contributed by atoms with van der Waals surface area (Å²) in [7, 11) is 1.75. The number of fused-ring (bicyclic) bond motifs is 2. The molecule has 0 bridgehead atoms. The minimum absolute atomic E-state index is 0.426. The molecule has 8 heteroatoms. The Balaban J connectivity index is 1.39. The maximum absolute atomic E-state index is 5.19. The van der Waals surface area contributed by atoms with E-state index in [0.29, 0.717) is 23.7 Å². The molecule has 1 saturated carbocycles. The second kappa shape index (κ2) is 6.06. The lowest BCUT2D eigenvalue weighted by Gasteiger charge is -2.35. The van der Waals surface area contributed by atoms with Gasteiger partial charge in [0.05, 0.1) is 11.7 Å². The highest BCUT2D eigenvalue weighted by Gasteiger charge is 2.29. The van der Waals surface area contributed by atoms with Crippen LogP contribution in [0.1, 0.15) is 12.8 Å². The number of hydrogen-bond donors (Lipinski definition) is 1. The van der Waals surface area contributed by atoms with Gasteiger partial charge in [0.1, 0.15) is 0 Å². The normalized spacial score (nSPS) is 19.7. The van der Waals surface area contributed by atoms with Gasteiger partial charge in [-0.3, -0.25) is 4.40 Å². The van der Waals surface area contributed by atoms with Crippen molar-refractivity contribution in [3.8, 4) is 11.1 Å². The minimum Gasteiger partial charge on any atom is -0.384 e. The Bertz CT molecular complexity index is 1060. The summed E-state index contributed by atoms with van der Waals surface area (Å²) >= 11 is 0. The Kier molecular flexibility index (Phi) is 3.56. The summed E-state index contributed by atoms with van der Waals surface area (Å²) in [6.07, 6.45) is 13.5. The third-order valence-corrected chi connectivity index (χ3v) is 4.94. The Labute approximate surface area is 149 Å². The van der Waals surface area contributed by atoms with Gasteiger partial charge in [-0.2, -0.15) is 0 Å². The molecule has 1 aliphatic carbocycles. The molecule has 4 aromatic rings. The molecule has 26 heavy (non-hydrogen) atoms. The van der Waals surface area contributed by atoms with Crippen molar-refractivity contribution in [2.75, 3.05) is 19.0 Å². The molecule has 0 unspecified atom stereocenters. The van der Waals surface area contributed by atoms with Crippen LogP contribution < -0.4 is 5.32 Å². The number of rotatable bonds is 5. The highest BCUT2D eigenvalue weighted by molar-refractivity contribution is 5.79. The lowest BCUT2D eigenvalue weighted by molar-refractivity contribution is 0.104. The Morgan fingerprint density at radius 1 is 1.19 bits per heavy atom. The number of aromatic nitrogens is 6. The quantitative estimate of drug-likeness (QED) is 0.595. The van der Waals surface area contributed by atoms with Crippen LogP contribution in [-0.2, 0) is 4.74 Å². The van der Waals surface area contributed by atoms with Gasteiger partial charge in [-0.1, -0.05) is 0 Å². The first-order valence-corrected chi connectivity index (χ1v) is 8.69. The smallest absolute Gasteiger partial charge is 0.241 e. The van der Waals surface area contributed by atoms with Crippen molar-refractivity contribution in [1.82, 2.24) is 29.0 Å². The maximum Gasteiger partial charge on any atom is 0.241 e. The molecule has 0 aliphatic heterocycles. The van der Waals surface area contributed by atoms with Gasteiger partial charge >= 0.3 is 0 Å². The van der Waals surface area contributed by atoms with Crippen molar-refractivity contribution >= 4 is 17.2 Å². The molecule has 8 nitrogen and oxygen atoms in total. The molecule has 132 valence electrons. The lowest BCUT2D eigenvalue weighted by Crippen LogP contribution is -2.38. The molecule has 0 radical (unpaired) electrons. The van der Waals surface area contributed by atoms with E-state index in [0.717, 1.165) is 36.1 Å². The third kappa shape index (κ3) is 2.59. The highest BCUT2D eigenvalue weighted by Crippen LogP contribution is 2.30. The van der Waals surface area contributed by atoms with E-state index in [-0.39, 0.29) is 0 Å². The molecular weight excluding hydrogens is 330 g/mol. The molecule has 1 aliphatic rings. The van der Waals surface area contributed by atoms with Gasteiger partial charge in [-0.25, -0.2) is 19.5 Å². The van der Waals surface area contributed by atoms with Crippen LogP contribution in [0.4, 0.5) is 5.95 Å². The summed E-state index contributed by atoms with van der Waals surface area (Å²) in [5, 5.41) is 8.00. The minimum atomic E-state index is 0.426. The monoisotopic (exact) mass is 349 g/mol. The number of methoxy groups -OCH3 is 1. The number of nitrogens with one attached hydrogen (secondary N) is 1. The van der Waals surface area contributed by atoms with E-state index in [9.17, 15) is 0 Å². The van der Waals surface area contributed by atoms with Crippen molar-refractivity contribution in [2.24, 2.45) is 5.92 Å². The van der Waals surface area contributed by atoms with E-state index in [1.807, 2.05) is 46.0 Å². The van der Waals surface area contributed by atoms with Crippen molar-refractivity contribution < 1.29 is 4.74 Å². The van der Waals surface area contributed by atoms with Crippen molar-refractivity contribution in [3.63, 3.8) is 0 Å². The van der Waals surface area contributed by atoms with Crippen LogP contribution in [0.15, 0.2) is 43.2 Å². The van der Waals surface area contributed by atoms with Crippen molar-refractivity contribution in [3.05, 3.63) is 43.2 Å². The van der Waals surface area contributed by atoms with E-state index >= 15 is 0 Å². The summed E-state index contributed by atoms with van der Waals surface area (Å²) in [6, 6.07) is 2.46. The van der Waals surface area contributed by atoms with Crippen molar-refractivity contribution in [1.29, 1.82) is 0 Å². The van der Waals surface area contributed by atoms with Crippen LogP contribution in [0.3, 0.4) is 0 Å². The van der Waals surface area contributed by atoms with E-state index in [1.54, 1.807) is 13.3 Å². The molecule has 0 amide bonds. The van der Waals surface area contributed by atoms with Gasteiger partial charge in [-0.05, 0) is 24.8 Å². The zero-order chi connectivity index (χ0) is 17.5. The Morgan fingerprint density at radius 3 is 3.00 bits per heavy atom. The predicted octanol–water partition coefficient (Wildman–Crippen LogP) is 2.28. The first kappa shape index (κ1) is 15.3. The molecule has 0 atom stereocenters. The van der Waals surface area contributed by atoms with Crippen LogP contribution in [0.5, 0.6) is 0 Å². The van der Waals surface area contributed by atoms with Gasteiger partial charge in [0.25, 0.3) is 0 Å². The third-order valence-electron chi connectivity index (χ3n) is 4.94. The SMILES string of the molecule is COCC1CC(Nc2ncc3c(-c4cnc5nccn5c4)ccn3n2)C1. The summed E-state index contributed by atoms with van der Waals surface area (Å²) in [4.78, 5) is 13.1. The second-order valence-electron chi connectivity index (χ2n) is 6.75. The zero-order valence-corrected chi connectivity index (χ0v) is 14.4. The average molecular weight is 349 g/mol. The number of imidazole rings is 1. The van der Waals surface area contributed by atoms with Gasteiger partial charge in [-0.15, -0.1) is 5.10 Å². The fraction of sp³-hybridized carbons (Fsp3) is 0.333. The predicted molar refractivity (Wildman–Crippen MR) is 97.0 cm³/mol. The van der Waals surface area contributed by atoms with Crippen LogP contribution in [0, 0.1) is 5.92 Å². The lowest BCUT2D eigenvalue weighted by atomic mass is 9.81. The number of hydrogen-bond acceptors (Lipinski definition) is 6. The van der Waals surface area contributed by atoms with E-state index in [2.05, 4.69) is 25.4 Å². The van der Waals surface area contributed by atoms with E-state index in [1.165, 1.54) is 0 Å². The molecule has 4 heterocycles. The summed E-state index contributed by atoms with van der Waals surface area (Å²) in [5.74, 6) is 1.99. The average Bonchev–Trinajstić information content (AvgIpc) is 3.25. The van der Waals surface area contributed by atoms with Crippen LogP contribution in [-0.4, -0.2) is 48.7 Å². The Morgan fingerprint density at radius 2 is 2.12 bits per heavy atom. The molecule has 0 spiro atoms. The van der Waals surface area contributed by atoms with Crippen LogP contribution >= 0.6 is 0 Å². The zero-order valence-electron chi connectivity index (χ0n) is 14.4. The summed E-state index contributed by atoms with van der Waals surface area (Å²) in [6.45, 7) is 0.828. The number of ether oxygens (including phenoxy) is 1. The van der Waals surface area contributed by atoms with Crippen LogP contribution in [0.25, 0.3) is 22.4 Å². The molecule has 4 aromatic heterocycles. The van der Waals surface area contributed by atoms with E-state index in [4.69, 9.17) is 4.74 Å². The molecule has 0 aromatic carbocycles. The van der Waals surface area contributed by atoms with Crippen molar-refractivity contribution in [2.45, 2.75) is 18.9 Å². The van der Waals surface area contributed by atoms with Gasteiger partial charge in [0, 0.05) is 61.9 Å². The molecule has 5 rings (SSSR count). The number of anilines is 1. The van der Waals surface area contributed by atoms with Crippen LogP contribution in [0.2, 0.25) is 0 Å². The largest absolute Gasteiger partial charge is 0.384 e. The second-order valence-corrected chi connectivity index (χ2v) is 6.75. The summed E-state index contributed by atoms with van der Waals surface area (Å²) in [5.41, 5.74) is 3.00. The Hall–Kier alpha value is -3.00. The molecular formula is C18H19N7O. The summed E-state index contributed by atoms with van der Waals surface area (Å²) < 4.78 is 8.96. The molecule has 1 N–H and O–H groups in total.